The van der Waals surface area contributed by atoms with Gasteiger partial charge >= 0.3 is 0 Å². The fraction of sp³-hybridized carbons (Fsp3) is 0.714. The van der Waals surface area contributed by atoms with Crippen molar-refractivity contribution >= 4 is 27.7 Å². The van der Waals surface area contributed by atoms with Gasteiger partial charge in [-0.05, 0) is 41.1 Å². The Morgan fingerprint density at radius 2 is 2.32 bits per heavy atom. The average Bonchev–Trinajstić information content (AvgIpc) is 2.46. The van der Waals surface area contributed by atoms with E-state index in [9.17, 15) is 0 Å². The van der Waals surface area contributed by atoms with E-state index in [0.717, 1.165) is 48.2 Å². The van der Waals surface area contributed by atoms with Crippen molar-refractivity contribution in [2.24, 2.45) is 5.92 Å². The summed E-state index contributed by atoms with van der Waals surface area (Å²) in [5.74, 6) is 2.56. The lowest BCUT2D eigenvalue weighted by molar-refractivity contribution is 0.402. The van der Waals surface area contributed by atoms with E-state index >= 15 is 0 Å². The first-order chi connectivity index (χ1) is 9.24. The minimum absolute atomic E-state index is 0.735. The van der Waals surface area contributed by atoms with Crippen LogP contribution >= 0.6 is 15.9 Å². The van der Waals surface area contributed by atoms with E-state index < -0.39 is 0 Å². The van der Waals surface area contributed by atoms with E-state index in [0.29, 0.717) is 0 Å². The van der Waals surface area contributed by atoms with Gasteiger partial charge in [-0.2, -0.15) is 4.98 Å². The fourth-order valence-corrected chi connectivity index (χ4v) is 2.93. The third kappa shape index (κ3) is 3.81. The molecule has 1 aromatic heterocycles. The van der Waals surface area contributed by atoms with Crippen LogP contribution in [0.25, 0.3) is 0 Å². The molecule has 19 heavy (non-hydrogen) atoms. The van der Waals surface area contributed by atoms with Crippen LogP contribution in [0.5, 0.6) is 0 Å². The summed E-state index contributed by atoms with van der Waals surface area (Å²) in [6.07, 6.45) is 6.79. The van der Waals surface area contributed by atoms with E-state index in [1.54, 1.807) is 0 Å². The van der Waals surface area contributed by atoms with Crippen LogP contribution < -0.4 is 10.2 Å². The fourth-order valence-electron chi connectivity index (χ4n) is 2.49. The topological polar surface area (TPSA) is 41.1 Å². The van der Waals surface area contributed by atoms with Gasteiger partial charge in [-0.3, -0.25) is 0 Å². The van der Waals surface area contributed by atoms with Gasteiger partial charge in [-0.15, -0.1) is 0 Å². The van der Waals surface area contributed by atoms with Gasteiger partial charge in [0, 0.05) is 25.8 Å². The number of piperidine rings is 1. The Kier molecular flexibility index (Phi) is 5.43. The lowest BCUT2D eigenvalue weighted by atomic mass is 9.96. The number of rotatable bonds is 5. The molecule has 0 bridgehead atoms. The number of hydrogen-bond donors (Lipinski definition) is 1. The molecular weight excluding hydrogens is 304 g/mol. The highest BCUT2D eigenvalue weighted by Gasteiger charge is 2.21. The molecule has 1 aromatic rings. The van der Waals surface area contributed by atoms with E-state index in [4.69, 9.17) is 0 Å². The van der Waals surface area contributed by atoms with Gasteiger partial charge in [0.1, 0.15) is 5.82 Å². The molecule has 4 nitrogen and oxygen atoms in total. The predicted octanol–water partition coefficient (Wildman–Crippen LogP) is 3.69. The van der Waals surface area contributed by atoms with E-state index in [2.05, 4.69) is 50.0 Å². The summed E-state index contributed by atoms with van der Waals surface area (Å²) < 4.78 is 0.992. The number of halogens is 1. The van der Waals surface area contributed by atoms with Gasteiger partial charge in [0.2, 0.25) is 5.95 Å². The number of aromatic nitrogens is 2. The normalized spacial score (nSPS) is 19.5. The molecule has 1 N–H and O–H groups in total. The van der Waals surface area contributed by atoms with Crippen molar-refractivity contribution in [1.82, 2.24) is 9.97 Å². The summed E-state index contributed by atoms with van der Waals surface area (Å²) in [5.41, 5.74) is 0. The standard InChI is InChI=1S/C14H23BrN4/c1-3-7-16-14-17-9-12(15)13(18-14)19-8-5-6-11(4-2)10-19/h9,11H,3-8,10H2,1-2H3,(H,16,17,18). The predicted molar refractivity (Wildman–Crippen MR) is 83.7 cm³/mol. The molecule has 1 fully saturated rings. The van der Waals surface area contributed by atoms with E-state index in [1.807, 2.05) is 6.20 Å². The maximum Gasteiger partial charge on any atom is 0.224 e. The van der Waals surface area contributed by atoms with Crippen molar-refractivity contribution in [1.29, 1.82) is 0 Å². The van der Waals surface area contributed by atoms with Gasteiger partial charge in [0.05, 0.1) is 4.47 Å². The third-order valence-electron chi connectivity index (χ3n) is 3.65. The Labute approximate surface area is 124 Å². The summed E-state index contributed by atoms with van der Waals surface area (Å²) in [6, 6.07) is 0. The molecule has 0 amide bonds. The Bertz CT molecular complexity index is 410. The van der Waals surface area contributed by atoms with E-state index in [1.165, 1.54) is 19.3 Å². The van der Waals surface area contributed by atoms with Crippen molar-refractivity contribution in [3.05, 3.63) is 10.7 Å². The molecule has 0 saturated carbocycles. The first kappa shape index (κ1) is 14.6. The second-order valence-electron chi connectivity index (χ2n) is 5.15. The molecule has 0 spiro atoms. The summed E-state index contributed by atoms with van der Waals surface area (Å²) in [5, 5.41) is 3.26. The highest BCUT2D eigenvalue weighted by atomic mass is 79.9. The molecule has 1 saturated heterocycles. The Morgan fingerprint density at radius 3 is 3.05 bits per heavy atom. The summed E-state index contributed by atoms with van der Waals surface area (Å²) >= 11 is 3.58. The molecule has 5 heteroatoms. The van der Waals surface area contributed by atoms with Gasteiger partial charge < -0.3 is 10.2 Å². The zero-order valence-corrected chi connectivity index (χ0v) is 13.4. The molecule has 2 rings (SSSR count). The minimum Gasteiger partial charge on any atom is -0.355 e. The second-order valence-corrected chi connectivity index (χ2v) is 6.01. The molecule has 0 radical (unpaired) electrons. The second kappa shape index (κ2) is 7.08. The molecule has 0 aliphatic carbocycles. The van der Waals surface area contributed by atoms with Crippen LogP contribution in [-0.4, -0.2) is 29.6 Å². The van der Waals surface area contributed by atoms with Crippen LogP contribution in [0.3, 0.4) is 0 Å². The quantitative estimate of drug-likeness (QED) is 0.895. The lowest BCUT2D eigenvalue weighted by Gasteiger charge is -2.33. The maximum atomic E-state index is 4.66. The molecule has 2 heterocycles. The van der Waals surface area contributed by atoms with Crippen LogP contribution in [0, 0.1) is 5.92 Å². The van der Waals surface area contributed by atoms with Gasteiger partial charge in [-0.1, -0.05) is 20.3 Å². The number of anilines is 2. The van der Waals surface area contributed by atoms with Crippen molar-refractivity contribution in [2.45, 2.75) is 39.5 Å². The zero-order valence-electron chi connectivity index (χ0n) is 11.8. The van der Waals surface area contributed by atoms with Crippen LogP contribution in [0.1, 0.15) is 39.5 Å². The molecule has 0 aromatic carbocycles. The number of nitrogens with one attached hydrogen (secondary N) is 1. The summed E-state index contributed by atoms with van der Waals surface area (Å²) in [4.78, 5) is 11.4. The van der Waals surface area contributed by atoms with E-state index in [-0.39, 0.29) is 0 Å². The highest BCUT2D eigenvalue weighted by Crippen LogP contribution is 2.29. The largest absolute Gasteiger partial charge is 0.355 e. The lowest BCUT2D eigenvalue weighted by Crippen LogP contribution is -2.36. The van der Waals surface area contributed by atoms with Gasteiger partial charge in [0.15, 0.2) is 0 Å². The monoisotopic (exact) mass is 326 g/mol. The first-order valence-electron chi connectivity index (χ1n) is 7.26. The van der Waals surface area contributed by atoms with Crippen molar-refractivity contribution < 1.29 is 0 Å². The average molecular weight is 327 g/mol. The summed E-state index contributed by atoms with van der Waals surface area (Å²) in [7, 11) is 0. The summed E-state index contributed by atoms with van der Waals surface area (Å²) in [6.45, 7) is 7.54. The van der Waals surface area contributed by atoms with Crippen molar-refractivity contribution in [3.8, 4) is 0 Å². The Morgan fingerprint density at radius 1 is 1.47 bits per heavy atom. The SMILES string of the molecule is CCCNc1ncc(Br)c(N2CCCC(CC)C2)n1. The first-order valence-corrected chi connectivity index (χ1v) is 8.05. The Hall–Kier alpha value is -0.840. The van der Waals surface area contributed by atoms with Crippen molar-refractivity contribution in [3.63, 3.8) is 0 Å². The third-order valence-corrected chi connectivity index (χ3v) is 4.21. The van der Waals surface area contributed by atoms with Gasteiger partial charge in [-0.25, -0.2) is 4.98 Å². The Balaban J connectivity index is 2.13. The molecule has 106 valence electrons. The van der Waals surface area contributed by atoms with Gasteiger partial charge in [0.25, 0.3) is 0 Å². The zero-order chi connectivity index (χ0) is 13.7. The smallest absolute Gasteiger partial charge is 0.224 e. The van der Waals surface area contributed by atoms with Crippen molar-refractivity contribution in [2.75, 3.05) is 29.9 Å². The highest BCUT2D eigenvalue weighted by molar-refractivity contribution is 9.10. The van der Waals surface area contributed by atoms with Crippen LogP contribution in [-0.2, 0) is 0 Å². The van der Waals surface area contributed by atoms with Crippen LogP contribution in [0.15, 0.2) is 10.7 Å². The maximum absolute atomic E-state index is 4.66. The number of nitrogens with zero attached hydrogens (tertiary/aromatic N) is 3. The number of hydrogen-bond acceptors (Lipinski definition) is 4. The molecular formula is C14H23BrN4. The molecule has 1 aliphatic rings. The molecule has 1 unspecified atom stereocenters. The molecule has 1 aliphatic heterocycles. The minimum atomic E-state index is 0.735. The van der Waals surface area contributed by atoms with Crippen LogP contribution in [0.4, 0.5) is 11.8 Å². The van der Waals surface area contributed by atoms with Crippen LogP contribution in [0.2, 0.25) is 0 Å². The molecule has 1 atom stereocenters.